The summed E-state index contributed by atoms with van der Waals surface area (Å²) in [6.07, 6.45) is -1.04. The molecular weight excluding hydrogens is 381 g/mol. The van der Waals surface area contributed by atoms with Crippen molar-refractivity contribution in [2.75, 3.05) is 34.0 Å². The summed E-state index contributed by atoms with van der Waals surface area (Å²) < 4.78 is 28.3. The Labute approximate surface area is 165 Å². The molecule has 1 unspecified atom stereocenters. The molecule has 0 radical (unpaired) electrons. The summed E-state index contributed by atoms with van der Waals surface area (Å²) in [5, 5.41) is 13.3. The van der Waals surface area contributed by atoms with Crippen LogP contribution in [0, 0.1) is 0 Å². The predicted octanol–water partition coefficient (Wildman–Crippen LogP) is 2.63. The topological polar surface area (TPSA) is 97.2 Å². The normalized spacial score (nSPS) is 14.2. The van der Waals surface area contributed by atoms with Gasteiger partial charge in [-0.05, 0) is 23.3 Å². The van der Waals surface area contributed by atoms with Crippen molar-refractivity contribution in [1.29, 1.82) is 0 Å². The van der Waals surface area contributed by atoms with E-state index in [0.717, 1.165) is 11.1 Å². The molecule has 154 valence electrons. The van der Waals surface area contributed by atoms with Gasteiger partial charge in [0.15, 0.2) is 11.5 Å². The highest BCUT2D eigenvalue weighted by Gasteiger charge is 2.23. The maximum atomic E-state index is 12.4. The van der Waals surface area contributed by atoms with Crippen LogP contribution in [0.5, 0.6) is 17.2 Å². The molecule has 7 nitrogen and oxygen atoms in total. The number of aliphatic hydroxyl groups is 1. The van der Waals surface area contributed by atoms with Gasteiger partial charge >= 0.3 is 0 Å². The Kier molecular flexibility index (Phi) is 8.33. The molecule has 0 aliphatic carbocycles. The molecule has 3 N–H and O–H groups in total. The predicted molar refractivity (Wildman–Crippen MR) is 109 cm³/mol. The minimum absolute atomic E-state index is 0.0534. The summed E-state index contributed by atoms with van der Waals surface area (Å²) in [5.41, 5.74) is 1.66. The lowest BCUT2D eigenvalue weighted by molar-refractivity contribution is 0.190. The average molecular weight is 409 g/mol. The van der Waals surface area contributed by atoms with E-state index in [-0.39, 0.29) is 18.9 Å². The molecule has 2 aromatic carbocycles. The van der Waals surface area contributed by atoms with Crippen LogP contribution in [0.2, 0.25) is 0 Å². The molecule has 8 heteroatoms. The Bertz CT molecular complexity index is 774. The Morgan fingerprint density at radius 1 is 1.00 bits per heavy atom. The van der Waals surface area contributed by atoms with Gasteiger partial charge in [-0.15, -0.1) is 0 Å². The van der Waals surface area contributed by atoms with Gasteiger partial charge in [0.1, 0.15) is 0 Å². The fourth-order valence-electron chi connectivity index (χ4n) is 2.95. The van der Waals surface area contributed by atoms with Crippen molar-refractivity contribution in [1.82, 2.24) is 5.32 Å². The summed E-state index contributed by atoms with van der Waals surface area (Å²) in [6, 6.07) is 12.7. The first-order valence-corrected chi connectivity index (χ1v) is 10.9. The van der Waals surface area contributed by atoms with Crippen LogP contribution in [0.4, 0.5) is 0 Å². The Hall–Kier alpha value is -2.05. The molecule has 0 aliphatic heterocycles. The molecule has 2 aromatic rings. The summed E-state index contributed by atoms with van der Waals surface area (Å²) in [4.78, 5) is 10.2. The van der Waals surface area contributed by atoms with Crippen LogP contribution in [0.25, 0.3) is 0 Å². The van der Waals surface area contributed by atoms with Gasteiger partial charge in [0.2, 0.25) is 13.1 Å². The monoisotopic (exact) mass is 409 g/mol. The summed E-state index contributed by atoms with van der Waals surface area (Å²) >= 11 is 0. The molecule has 0 aliphatic rings. The van der Waals surface area contributed by atoms with Gasteiger partial charge in [0.05, 0.1) is 33.6 Å². The highest BCUT2D eigenvalue weighted by atomic mass is 31.2. The maximum Gasteiger partial charge on any atom is 0.207 e. The molecule has 0 spiro atoms. The van der Waals surface area contributed by atoms with Crippen LogP contribution in [-0.2, 0) is 17.3 Å². The number of rotatable bonds is 11. The second-order valence-electron chi connectivity index (χ2n) is 6.49. The van der Waals surface area contributed by atoms with Crippen LogP contribution in [0.1, 0.15) is 11.1 Å². The first-order chi connectivity index (χ1) is 13.4. The third-order valence-electron chi connectivity index (χ3n) is 4.20. The van der Waals surface area contributed by atoms with E-state index < -0.39 is 13.5 Å². The largest absolute Gasteiger partial charge is 0.493 e. The number of methoxy groups -OCH3 is 3. The van der Waals surface area contributed by atoms with Gasteiger partial charge in [0, 0.05) is 19.3 Å². The van der Waals surface area contributed by atoms with Gasteiger partial charge in [-0.3, -0.25) is 4.57 Å². The van der Waals surface area contributed by atoms with E-state index in [1.54, 1.807) is 26.4 Å². The van der Waals surface area contributed by atoms with Gasteiger partial charge in [-0.2, -0.15) is 0 Å². The summed E-state index contributed by atoms with van der Waals surface area (Å²) in [7, 11) is 1.16. The number of ether oxygens (including phenoxy) is 3. The van der Waals surface area contributed by atoms with E-state index >= 15 is 0 Å². The van der Waals surface area contributed by atoms with E-state index in [2.05, 4.69) is 5.32 Å². The first-order valence-electron chi connectivity index (χ1n) is 8.91. The Morgan fingerprint density at radius 3 is 2.14 bits per heavy atom. The van der Waals surface area contributed by atoms with Crippen LogP contribution >= 0.6 is 7.37 Å². The third-order valence-corrected chi connectivity index (χ3v) is 6.05. The zero-order valence-corrected chi connectivity index (χ0v) is 17.3. The maximum absolute atomic E-state index is 12.4. The molecule has 0 saturated carbocycles. The van der Waals surface area contributed by atoms with Gasteiger partial charge in [-0.25, -0.2) is 0 Å². The lowest BCUT2D eigenvalue weighted by Crippen LogP contribution is -2.29. The fourth-order valence-corrected chi connectivity index (χ4v) is 4.65. The summed E-state index contributed by atoms with van der Waals surface area (Å²) in [5.74, 6) is 1.60. The number of benzene rings is 2. The van der Waals surface area contributed by atoms with Crippen molar-refractivity contribution in [2.24, 2.45) is 0 Å². The zero-order chi connectivity index (χ0) is 20.6. The summed E-state index contributed by atoms with van der Waals surface area (Å²) in [6.45, 7) is 0.623. The number of nitrogens with one attached hydrogen (secondary N) is 1. The van der Waals surface area contributed by atoms with E-state index in [4.69, 9.17) is 14.2 Å². The van der Waals surface area contributed by atoms with Gasteiger partial charge in [-0.1, -0.05) is 30.3 Å². The molecule has 0 amide bonds. The minimum atomic E-state index is -3.47. The van der Waals surface area contributed by atoms with Crippen molar-refractivity contribution in [3.05, 3.63) is 53.6 Å². The van der Waals surface area contributed by atoms with Crippen molar-refractivity contribution in [3.63, 3.8) is 0 Å². The highest BCUT2D eigenvalue weighted by Crippen LogP contribution is 2.44. The van der Waals surface area contributed by atoms with E-state index in [1.807, 2.05) is 30.3 Å². The number of hydrogen-bond acceptors (Lipinski definition) is 6. The highest BCUT2D eigenvalue weighted by molar-refractivity contribution is 7.57. The molecule has 2 rings (SSSR count). The third kappa shape index (κ3) is 6.53. The molecule has 0 fully saturated rings. The lowest BCUT2D eigenvalue weighted by atomic mass is 10.1. The standard InChI is InChI=1S/C20H28NO6P/c1-25-18-9-16(10-19(26-2)20(18)27-3)11-21-12-17(22)14-28(23,24)13-15-7-5-4-6-8-15/h4-10,17,21-22H,11-14H2,1-3H3,(H,23,24)/t17-/m1/s1. The van der Waals surface area contributed by atoms with Crippen LogP contribution < -0.4 is 19.5 Å². The van der Waals surface area contributed by atoms with Crippen LogP contribution in [0.15, 0.2) is 42.5 Å². The van der Waals surface area contributed by atoms with Crippen LogP contribution in [-0.4, -0.2) is 50.1 Å². The molecular formula is C20H28NO6P. The van der Waals surface area contributed by atoms with E-state index in [0.29, 0.717) is 23.8 Å². The molecule has 0 bridgehead atoms. The van der Waals surface area contributed by atoms with E-state index in [9.17, 15) is 14.6 Å². The Balaban J connectivity index is 1.89. The van der Waals surface area contributed by atoms with Gasteiger partial charge in [0.25, 0.3) is 0 Å². The molecule has 0 aromatic heterocycles. The molecule has 0 saturated heterocycles. The lowest BCUT2D eigenvalue weighted by Gasteiger charge is -2.18. The quantitative estimate of drug-likeness (QED) is 0.491. The number of aliphatic hydroxyl groups excluding tert-OH is 1. The zero-order valence-electron chi connectivity index (χ0n) is 16.4. The van der Waals surface area contributed by atoms with E-state index in [1.165, 1.54) is 7.11 Å². The fraction of sp³-hybridized carbons (Fsp3) is 0.400. The second kappa shape index (κ2) is 10.5. The Morgan fingerprint density at radius 2 is 1.61 bits per heavy atom. The number of hydrogen-bond donors (Lipinski definition) is 3. The molecule has 0 heterocycles. The van der Waals surface area contributed by atoms with Crippen molar-refractivity contribution in [3.8, 4) is 17.2 Å². The average Bonchev–Trinajstić information content (AvgIpc) is 2.67. The molecule has 28 heavy (non-hydrogen) atoms. The second-order valence-corrected chi connectivity index (χ2v) is 8.86. The first kappa shape index (κ1) is 22.2. The van der Waals surface area contributed by atoms with Crippen molar-refractivity contribution >= 4 is 7.37 Å². The van der Waals surface area contributed by atoms with Crippen LogP contribution in [0.3, 0.4) is 0 Å². The van der Waals surface area contributed by atoms with Crippen molar-refractivity contribution in [2.45, 2.75) is 18.8 Å². The van der Waals surface area contributed by atoms with Gasteiger partial charge < -0.3 is 29.5 Å². The minimum Gasteiger partial charge on any atom is -0.493 e. The smallest absolute Gasteiger partial charge is 0.207 e. The SMILES string of the molecule is COc1cc(CNC[C@@H](O)CP(=O)(O)Cc2ccccc2)cc(OC)c1OC. The van der Waals surface area contributed by atoms with Crippen molar-refractivity contribution < 1.29 is 28.8 Å². The molecule has 2 atom stereocenters.